The van der Waals surface area contributed by atoms with Gasteiger partial charge >= 0.3 is 0 Å². The van der Waals surface area contributed by atoms with Crippen molar-refractivity contribution in [2.24, 2.45) is 0 Å². The first-order chi connectivity index (χ1) is 16.6. The number of nitrogens with one attached hydrogen (secondary N) is 1. The van der Waals surface area contributed by atoms with Gasteiger partial charge in [0.25, 0.3) is 5.56 Å². The lowest BCUT2D eigenvalue weighted by Gasteiger charge is -2.13. The quantitative estimate of drug-likeness (QED) is 0.210. The van der Waals surface area contributed by atoms with Crippen molar-refractivity contribution in [3.8, 4) is 0 Å². The SMILES string of the molecule is O=C(CCCn1c(SCC(=O)c2ccccc2)nc2ccccc2c1=O)NCc1ccccc1. The van der Waals surface area contributed by atoms with Gasteiger partial charge in [0.15, 0.2) is 10.9 Å². The van der Waals surface area contributed by atoms with E-state index in [9.17, 15) is 14.4 Å². The van der Waals surface area contributed by atoms with Crippen LogP contribution >= 0.6 is 11.8 Å². The minimum absolute atomic E-state index is 0.0279. The maximum atomic E-state index is 13.2. The Morgan fingerprint density at radius 2 is 1.56 bits per heavy atom. The van der Waals surface area contributed by atoms with Crippen molar-refractivity contribution in [2.45, 2.75) is 31.1 Å². The molecule has 7 heteroatoms. The number of Topliss-reactive ketones (excluding diaryl/α,β-unsaturated/α-hetero) is 1. The minimum Gasteiger partial charge on any atom is -0.352 e. The molecule has 0 saturated heterocycles. The lowest BCUT2D eigenvalue weighted by atomic mass is 10.2. The Balaban J connectivity index is 1.44. The van der Waals surface area contributed by atoms with Crippen LogP contribution in [0.4, 0.5) is 0 Å². The lowest BCUT2D eigenvalue weighted by Crippen LogP contribution is -2.26. The molecule has 1 amide bonds. The van der Waals surface area contributed by atoms with Crippen LogP contribution in [-0.4, -0.2) is 27.0 Å². The van der Waals surface area contributed by atoms with Gasteiger partial charge in [-0.05, 0) is 24.1 Å². The number of aromatic nitrogens is 2. The highest BCUT2D eigenvalue weighted by molar-refractivity contribution is 7.99. The van der Waals surface area contributed by atoms with Gasteiger partial charge in [0.2, 0.25) is 5.91 Å². The van der Waals surface area contributed by atoms with E-state index in [2.05, 4.69) is 10.3 Å². The number of thioether (sulfide) groups is 1. The van der Waals surface area contributed by atoms with E-state index in [0.717, 1.165) is 5.56 Å². The average Bonchev–Trinajstić information content (AvgIpc) is 2.88. The van der Waals surface area contributed by atoms with Gasteiger partial charge in [0.1, 0.15) is 0 Å². The molecular formula is C27H25N3O3S. The molecule has 1 aromatic heterocycles. The van der Waals surface area contributed by atoms with Crippen molar-refractivity contribution in [1.29, 1.82) is 0 Å². The van der Waals surface area contributed by atoms with Crippen molar-refractivity contribution in [1.82, 2.24) is 14.9 Å². The van der Waals surface area contributed by atoms with Gasteiger partial charge in [-0.15, -0.1) is 0 Å². The van der Waals surface area contributed by atoms with Crippen LogP contribution in [0.1, 0.15) is 28.8 Å². The Kier molecular flexibility index (Phi) is 7.88. The maximum absolute atomic E-state index is 13.2. The molecule has 172 valence electrons. The summed E-state index contributed by atoms with van der Waals surface area (Å²) in [5, 5.41) is 3.92. The number of rotatable bonds is 10. The molecule has 0 aliphatic carbocycles. The Bertz CT molecular complexity index is 1340. The maximum Gasteiger partial charge on any atom is 0.262 e. The number of amides is 1. The minimum atomic E-state index is -0.162. The van der Waals surface area contributed by atoms with Crippen LogP contribution in [0.2, 0.25) is 0 Å². The van der Waals surface area contributed by atoms with E-state index in [4.69, 9.17) is 0 Å². The summed E-state index contributed by atoms with van der Waals surface area (Å²) in [5.74, 6) is 0.0748. The van der Waals surface area contributed by atoms with Gasteiger partial charge in [0, 0.05) is 25.1 Å². The molecule has 0 bridgehead atoms. The predicted octanol–water partition coefficient (Wildman–Crippen LogP) is 4.47. The fraction of sp³-hybridized carbons (Fsp3) is 0.185. The summed E-state index contributed by atoms with van der Waals surface area (Å²) in [6.45, 7) is 0.817. The molecule has 0 aliphatic rings. The molecule has 6 nitrogen and oxygen atoms in total. The number of carbonyl (C=O) groups excluding carboxylic acids is 2. The first kappa shape index (κ1) is 23.4. The molecule has 0 spiro atoms. The van der Waals surface area contributed by atoms with Gasteiger partial charge in [-0.3, -0.25) is 19.0 Å². The van der Waals surface area contributed by atoms with Gasteiger partial charge in [-0.25, -0.2) is 4.98 Å². The number of carbonyl (C=O) groups is 2. The Morgan fingerprint density at radius 3 is 2.32 bits per heavy atom. The van der Waals surface area contributed by atoms with Gasteiger partial charge in [0.05, 0.1) is 16.7 Å². The van der Waals surface area contributed by atoms with Crippen molar-refractivity contribution in [2.75, 3.05) is 5.75 Å². The molecule has 0 saturated carbocycles. The summed E-state index contributed by atoms with van der Waals surface area (Å²) in [4.78, 5) is 42.7. The lowest BCUT2D eigenvalue weighted by molar-refractivity contribution is -0.121. The molecule has 0 fully saturated rings. The van der Waals surface area contributed by atoms with Crippen molar-refractivity contribution >= 4 is 34.4 Å². The van der Waals surface area contributed by atoms with E-state index >= 15 is 0 Å². The second-order valence-electron chi connectivity index (χ2n) is 7.81. The number of benzene rings is 3. The Hall–Kier alpha value is -3.71. The molecule has 3 aromatic carbocycles. The Labute approximate surface area is 202 Å². The highest BCUT2D eigenvalue weighted by atomic mass is 32.2. The number of para-hydroxylation sites is 1. The zero-order valence-corrected chi connectivity index (χ0v) is 19.5. The van der Waals surface area contributed by atoms with E-state index < -0.39 is 0 Å². The second kappa shape index (κ2) is 11.4. The summed E-state index contributed by atoms with van der Waals surface area (Å²) >= 11 is 1.25. The van der Waals surface area contributed by atoms with Crippen molar-refractivity contribution in [3.63, 3.8) is 0 Å². The fourth-order valence-electron chi connectivity index (χ4n) is 3.58. The summed E-state index contributed by atoms with van der Waals surface area (Å²) < 4.78 is 1.58. The molecule has 0 aliphatic heterocycles. The highest BCUT2D eigenvalue weighted by Gasteiger charge is 2.14. The van der Waals surface area contributed by atoms with E-state index in [1.807, 2.05) is 54.6 Å². The number of nitrogens with zero attached hydrogens (tertiary/aromatic N) is 2. The molecule has 0 atom stereocenters. The molecule has 0 unspecified atom stereocenters. The third-order valence-electron chi connectivity index (χ3n) is 5.37. The summed E-state index contributed by atoms with van der Waals surface area (Å²) in [6, 6.07) is 26.0. The molecule has 1 heterocycles. The first-order valence-corrected chi connectivity index (χ1v) is 12.1. The van der Waals surface area contributed by atoms with E-state index in [1.165, 1.54) is 11.8 Å². The largest absolute Gasteiger partial charge is 0.352 e. The van der Waals surface area contributed by atoms with Crippen molar-refractivity contribution < 1.29 is 9.59 Å². The predicted molar refractivity (Wildman–Crippen MR) is 135 cm³/mol. The van der Waals surface area contributed by atoms with Crippen LogP contribution in [0.25, 0.3) is 10.9 Å². The molecule has 4 aromatic rings. The van der Waals surface area contributed by atoms with Crippen LogP contribution < -0.4 is 10.9 Å². The number of hydrogen-bond acceptors (Lipinski definition) is 5. The Morgan fingerprint density at radius 1 is 0.882 bits per heavy atom. The topological polar surface area (TPSA) is 81.1 Å². The van der Waals surface area contributed by atoms with Crippen LogP contribution in [0, 0.1) is 0 Å². The van der Waals surface area contributed by atoms with E-state index in [-0.39, 0.29) is 23.0 Å². The zero-order valence-electron chi connectivity index (χ0n) is 18.6. The monoisotopic (exact) mass is 471 g/mol. The zero-order chi connectivity index (χ0) is 23.8. The third-order valence-corrected chi connectivity index (χ3v) is 6.35. The average molecular weight is 472 g/mol. The number of hydrogen-bond donors (Lipinski definition) is 1. The second-order valence-corrected chi connectivity index (χ2v) is 8.75. The normalized spacial score (nSPS) is 10.8. The van der Waals surface area contributed by atoms with Gasteiger partial charge < -0.3 is 5.32 Å². The van der Waals surface area contributed by atoms with Crippen molar-refractivity contribution in [3.05, 3.63) is 106 Å². The van der Waals surface area contributed by atoms with Crippen LogP contribution in [-0.2, 0) is 17.9 Å². The summed E-state index contributed by atoms with van der Waals surface area (Å²) in [5.41, 5.74) is 2.09. The van der Waals surface area contributed by atoms with E-state index in [1.54, 1.807) is 34.9 Å². The van der Waals surface area contributed by atoms with Gasteiger partial charge in [-0.1, -0.05) is 84.6 Å². The fourth-order valence-corrected chi connectivity index (χ4v) is 4.49. The molecular weight excluding hydrogens is 446 g/mol. The molecule has 34 heavy (non-hydrogen) atoms. The van der Waals surface area contributed by atoms with Crippen LogP contribution in [0.3, 0.4) is 0 Å². The molecule has 4 rings (SSSR count). The highest BCUT2D eigenvalue weighted by Crippen LogP contribution is 2.20. The van der Waals surface area contributed by atoms with Crippen LogP contribution in [0.5, 0.6) is 0 Å². The third kappa shape index (κ3) is 5.99. The first-order valence-electron chi connectivity index (χ1n) is 11.1. The van der Waals surface area contributed by atoms with E-state index in [0.29, 0.717) is 47.6 Å². The molecule has 1 N–H and O–H groups in total. The van der Waals surface area contributed by atoms with Gasteiger partial charge in [-0.2, -0.15) is 0 Å². The standard InChI is InChI=1S/C27H25N3O3S/c31-24(21-12-5-2-6-13-21)19-34-27-29-23-15-8-7-14-22(23)26(33)30(27)17-9-16-25(32)28-18-20-10-3-1-4-11-20/h1-8,10-15H,9,16-19H2,(H,28,32). The summed E-state index contributed by atoms with van der Waals surface area (Å²) in [7, 11) is 0. The summed E-state index contributed by atoms with van der Waals surface area (Å²) in [6.07, 6.45) is 0.778. The molecule has 0 radical (unpaired) electrons. The smallest absolute Gasteiger partial charge is 0.262 e. The number of ketones is 1. The number of fused-ring (bicyclic) bond motifs is 1. The van der Waals surface area contributed by atoms with Crippen LogP contribution in [0.15, 0.2) is 94.9 Å².